The van der Waals surface area contributed by atoms with E-state index in [9.17, 15) is 9.18 Å². The average Bonchev–Trinajstić information content (AvgIpc) is 2.93. The summed E-state index contributed by atoms with van der Waals surface area (Å²) in [7, 11) is 1.68. The molecular formula is C14H17FN4O. The van der Waals surface area contributed by atoms with Gasteiger partial charge >= 0.3 is 0 Å². The van der Waals surface area contributed by atoms with Gasteiger partial charge in [-0.2, -0.15) is 5.10 Å². The van der Waals surface area contributed by atoms with E-state index < -0.39 is 5.82 Å². The van der Waals surface area contributed by atoms with Crippen LogP contribution >= 0.6 is 0 Å². The van der Waals surface area contributed by atoms with E-state index in [1.54, 1.807) is 25.5 Å². The number of nitrogens with zero attached hydrogens (tertiary/aromatic N) is 2. The minimum absolute atomic E-state index is 0.235. The molecule has 2 aromatic rings. The standard InChI is InChI=1S/C14H17FN4O/c1-3-16-13-11(5-4-6-12(13)15)14(20)19(2)9-10-7-17-18-8-10/h4-8,16H,3,9H2,1-2H3,(H,17,18). The number of hydrogen-bond donors (Lipinski definition) is 2. The molecule has 0 aliphatic heterocycles. The minimum atomic E-state index is -0.422. The Morgan fingerprint density at radius 2 is 2.30 bits per heavy atom. The Labute approximate surface area is 116 Å². The molecule has 20 heavy (non-hydrogen) atoms. The highest BCUT2D eigenvalue weighted by molar-refractivity contribution is 5.99. The van der Waals surface area contributed by atoms with Crippen LogP contribution in [0.5, 0.6) is 0 Å². The number of amides is 1. The lowest BCUT2D eigenvalue weighted by atomic mass is 10.1. The van der Waals surface area contributed by atoms with Crippen molar-refractivity contribution < 1.29 is 9.18 Å². The Morgan fingerprint density at radius 3 is 2.95 bits per heavy atom. The van der Waals surface area contributed by atoms with E-state index in [0.29, 0.717) is 18.7 Å². The molecule has 0 fully saturated rings. The fraction of sp³-hybridized carbons (Fsp3) is 0.286. The third kappa shape index (κ3) is 2.96. The fourth-order valence-electron chi connectivity index (χ4n) is 1.97. The molecule has 2 rings (SSSR count). The van der Waals surface area contributed by atoms with Crippen molar-refractivity contribution in [1.82, 2.24) is 15.1 Å². The highest BCUT2D eigenvalue weighted by Crippen LogP contribution is 2.21. The first kappa shape index (κ1) is 14.0. The number of anilines is 1. The second kappa shape index (κ2) is 6.18. The fourth-order valence-corrected chi connectivity index (χ4v) is 1.97. The molecule has 5 nitrogen and oxygen atoms in total. The van der Waals surface area contributed by atoms with Crippen molar-refractivity contribution in [3.05, 3.63) is 47.5 Å². The molecule has 0 spiro atoms. The molecule has 106 valence electrons. The number of aromatic nitrogens is 2. The van der Waals surface area contributed by atoms with Crippen molar-refractivity contribution in [1.29, 1.82) is 0 Å². The van der Waals surface area contributed by atoms with Gasteiger partial charge in [0.15, 0.2) is 0 Å². The molecule has 1 heterocycles. The molecule has 1 aromatic heterocycles. The average molecular weight is 276 g/mol. The van der Waals surface area contributed by atoms with Crippen molar-refractivity contribution in [3.8, 4) is 0 Å². The van der Waals surface area contributed by atoms with Gasteiger partial charge in [-0.3, -0.25) is 9.89 Å². The number of rotatable bonds is 5. The molecule has 0 saturated carbocycles. The molecule has 0 aliphatic carbocycles. The predicted molar refractivity (Wildman–Crippen MR) is 74.9 cm³/mol. The smallest absolute Gasteiger partial charge is 0.256 e. The maximum atomic E-state index is 13.8. The van der Waals surface area contributed by atoms with Gasteiger partial charge in [0.2, 0.25) is 0 Å². The van der Waals surface area contributed by atoms with Crippen LogP contribution in [-0.4, -0.2) is 34.6 Å². The maximum absolute atomic E-state index is 13.8. The van der Waals surface area contributed by atoms with Gasteiger partial charge < -0.3 is 10.2 Å². The molecule has 0 atom stereocenters. The topological polar surface area (TPSA) is 61.0 Å². The van der Waals surface area contributed by atoms with Crippen LogP contribution in [0, 0.1) is 5.82 Å². The van der Waals surface area contributed by atoms with Gasteiger partial charge in [0.1, 0.15) is 5.82 Å². The third-order valence-corrected chi connectivity index (χ3v) is 2.92. The SMILES string of the molecule is CCNc1c(F)cccc1C(=O)N(C)Cc1cn[nH]c1. The lowest BCUT2D eigenvalue weighted by Gasteiger charge is -2.19. The number of benzene rings is 1. The first-order valence-corrected chi connectivity index (χ1v) is 6.39. The summed E-state index contributed by atoms with van der Waals surface area (Å²) in [5, 5.41) is 9.43. The van der Waals surface area contributed by atoms with Crippen molar-refractivity contribution in [2.24, 2.45) is 0 Å². The van der Waals surface area contributed by atoms with E-state index in [1.165, 1.54) is 17.0 Å². The van der Waals surface area contributed by atoms with Gasteiger partial charge in [-0.25, -0.2) is 4.39 Å². The first-order valence-electron chi connectivity index (χ1n) is 6.39. The van der Waals surface area contributed by atoms with Crippen molar-refractivity contribution >= 4 is 11.6 Å². The Balaban J connectivity index is 2.22. The third-order valence-electron chi connectivity index (χ3n) is 2.92. The Kier molecular flexibility index (Phi) is 4.34. The Bertz CT molecular complexity index is 583. The number of hydrogen-bond acceptors (Lipinski definition) is 3. The summed E-state index contributed by atoms with van der Waals surface area (Å²) in [6, 6.07) is 4.50. The van der Waals surface area contributed by atoms with Crippen LogP contribution in [0.1, 0.15) is 22.8 Å². The molecule has 2 N–H and O–H groups in total. The number of aromatic amines is 1. The zero-order chi connectivity index (χ0) is 14.5. The summed E-state index contributed by atoms with van der Waals surface area (Å²) in [4.78, 5) is 13.9. The first-order chi connectivity index (χ1) is 9.63. The number of carbonyl (C=O) groups excluding carboxylic acids is 1. The monoisotopic (exact) mass is 276 g/mol. The molecular weight excluding hydrogens is 259 g/mol. The second-order valence-corrected chi connectivity index (χ2v) is 4.46. The van der Waals surface area contributed by atoms with Gasteiger partial charge in [-0.15, -0.1) is 0 Å². The van der Waals surface area contributed by atoms with Crippen molar-refractivity contribution in [2.75, 3.05) is 18.9 Å². The van der Waals surface area contributed by atoms with E-state index in [0.717, 1.165) is 5.56 Å². The lowest BCUT2D eigenvalue weighted by molar-refractivity contribution is 0.0785. The van der Waals surface area contributed by atoms with Gasteiger partial charge in [-0.05, 0) is 19.1 Å². The predicted octanol–water partition coefficient (Wildman–Crippen LogP) is 2.25. The van der Waals surface area contributed by atoms with E-state index in [1.807, 2.05) is 6.92 Å². The van der Waals surface area contributed by atoms with E-state index in [4.69, 9.17) is 0 Å². The quantitative estimate of drug-likeness (QED) is 0.880. The van der Waals surface area contributed by atoms with Gasteiger partial charge in [0.05, 0.1) is 17.4 Å². The van der Waals surface area contributed by atoms with Crippen molar-refractivity contribution in [2.45, 2.75) is 13.5 Å². The van der Waals surface area contributed by atoms with Crippen LogP contribution in [0.4, 0.5) is 10.1 Å². The summed E-state index contributed by atoms with van der Waals surface area (Å²) < 4.78 is 13.8. The van der Waals surface area contributed by atoms with Crippen LogP contribution in [0.25, 0.3) is 0 Å². The lowest BCUT2D eigenvalue weighted by Crippen LogP contribution is -2.27. The van der Waals surface area contributed by atoms with Crippen LogP contribution in [0.2, 0.25) is 0 Å². The summed E-state index contributed by atoms with van der Waals surface area (Å²) in [5.74, 6) is -0.656. The largest absolute Gasteiger partial charge is 0.382 e. The summed E-state index contributed by atoms with van der Waals surface area (Å²) in [6.07, 6.45) is 3.38. The summed E-state index contributed by atoms with van der Waals surface area (Å²) >= 11 is 0. The van der Waals surface area contributed by atoms with Gasteiger partial charge in [0, 0.05) is 31.9 Å². The number of halogens is 1. The summed E-state index contributed by atoms with van der Waals surface area (Å²) in [5.41, 5.74) is 1.47. The highest BCUT2D eigenvalue weighted by atomic mass is 19.1. The Morgan fingerprint density at radius 1 is 1.50 bits per heavy atom. The normalized spacial score (nSPS) is 10.3. The van der Waals surface area contributed by atoms with Crippen LogP contribution in [-0.2, 0) is 6.54 Å². The van der Waals surface area contributed by atoms with Gasteiger partial charge in [-0.1, -0.05) is 6.07 Å². The van der Waals surface area contributed by atoms with E-state index in [2.05, 4.69) is 15.5 Å². The number of H-pyrrole nitrogens is 1. The molecule has 0 bridgehead atoms. The molecule has 6 heteroatoms. The van der Waals surface area contributed by atoms with E-state index >= 15 is 0 Å². The highest BCUT2D eigenvalue weighted by Gasteiger charge is 2.18. The van der Waals surface area contributed by atoms with Crippen LogP contribution in [0.3, 0.4) is 0 Å². The second-order valence-electron chi connectivity index (χ2n) is 4.46. The Hall–Kier alpha value is -2.37. The van der Waals surface area contributed by atoms with Crippen LogP contribution < -0.4 is 5.32 Å². The molecule has 1 amide bonds. The number of nitrogens with one attached hydrogen (secondary N) is 2. The molecule has 0 aliphatic rings. The molecule has 0 saturated heterocycles. The zero-order valence-corrected chi connectivity index (χ0v) is 11.5. The van der Waals surface area contributed by atoms with Crippen molar-refractivity contribution in [3.63, 3.8) is 0 Å². The number of para-hydroxylation sites is 1. The summed E-state index contributed by atoms with van der Waals surface area (Å²) in [6.45, 7) is 2.82. The number of carbonyl (C=O) groups is 1. The zero-order valence-electron chi connectivity index (χ0n) is 11.5. The van der Waals surface area contributed by atoms with E-state index in [-0.39, 0.29) is 11.6 Å². The molecule has 0 unspecified atom stereocenters. The maximum Gasteiger partial charge on any atom is 0.256 e. The molecule has 1 aromatic carbocycles. The van der Waals surface area contributed by atoms with Crippen LogP contribution in [0.15, 0.2) is 30.6 Å². The molecule has 0 radical (unpaired) electrons. The minimum Gasteiger partial charge on any atom is -0.382 e. The van der Waals surface area contributed by atoms with Gasteiger partial charge in [0.25, 0.3) is 5.91 Å².